The summed E-state index contributed by atoms with van der Waals surface area (Å²) in [6, 6.07) is 5.68. The summed E-state index contributed by atoms with van der Waals surface area (Å²) < 4.78 is 10.7. The first-order chi connectivity index (χ1) is 10.8. The second kappa shape index (κ2) is 9.33. The van der Waals surface area contributed by atoms with Gasteiger partial charge in [0.1, 0.15) is 0 Å². The van der Waals surface area contributed by atoms with Crippen LogP contribution in [-0.2, 0) is 4.79 Å². The molecule has 0 aliphatic rings. The van der Waals surface area contributed by atoms with Crippen molar-refractivity contribution < 1.29 is 14.3 Å². The number of carbonyl (C=O) groups is 1. The van der Waals surface area contributed by atoms with E-state index in [4.69, 9.17) is 9.47 Å². The van der Waals surface area contributed by atoms with Gasteiger partial charge in [-0.05, 0) is 25.1 Å². The molecule has 0 heterocycles. The summed E-state index contributed by atoms with van der Waals surface area (Å²) in [5.74, 6) is 2.34. The summed E-state index contributed by atoms with van der Waals surface area (Å²) in [6.45, 7) is 9.13. The lowest BCUT2D eigenvalue weighted by Gasteiger charge is -2.18. The summed E-state index contributed by atoms with van der Waals surface area (Å²) in [4.78, 5) is 13.1. The van der Waals surface area contributed by atoms with Gasteiger partial charge in [-0.25, -0.2) is 0 Å². The maximum absolute atomic E-state index is 12.2. The van der Waals surface area contributed by atoms with Crippen LogP contribution in [0, 0.1) is 0 Å². The van der Waals surface area contributed by atoms with Crippen LogP contribution >= 0.6 is 23.5 Å². The number of hydrogen-bond acceptors (Lipinski definition) is 5. The van der Waals surface area contributed by atoms with Gasteiger partial charge in [0.2, 0.25) is 5.91 Å². The van der Waals surface area contributed by atoms with Crippen molar-refractivity contribution in [3.8, 4) is 11.5 Å². The van der Waals surface area contributed by atoms with Crippen LogP contribution in [0.3, 0.4) is 0 Å². The van der Waals surface area contributed by atoms with Crippen LogP contribution in [0.15, 0.2) is 23.1 Å². The molecule has 4 nitrogen and oxygen atoms in total. The standard InChI is InChI=1S/C17H27NO3S2/c1-12(16(19)18-9-10-22-17(2,3)4)23-13-7-8-14(20-5)15(11-13)21-6/h7-8,11-12H,9-10H2,1-6H3,(H,18,19)/t12-/m1/s1. The average Bonchev–Trinajstić information content (AvgIpc) is 2.50. The van der Waals surface area contributed by atoms with Crippen LogP contribution in [0.4, 0.5) is 0 Å². The molecule has 0 aliphatic heterocycles. The van der Waals surface area contributed by atoms with Crippen molar-refractivity contribution in [2.24, 2.45) is 0 Å². The molecule has 0 aliphatic carbocycles. The number of benzene rings is 1. The van der Waals surface area contributed by atoms with Crippen molar-refractivity contribution in [1.29, 1.82) is 0 Å². The fourth-order valence-corrected chi connectivity index (χ4v) is 3.56. The van der Waals surface area contributed by atoms with E-state index in [0.29, 0.717) is 18.0 Å². The second-order valence-corrected chi connectivity index (χ2v) is 9.36. The molecule has 1 aromatic carbocycles. The van der Waals surface area contributed by atoms with Gasteiger partial charge in [0.05, 0.1) is 19.5 Å². The molecule has 130 valence electrons. The molecule has 6 heteroatoms. The molecule has 23 heavy (non-hydrogen) atoms. The van der Waals surface area contributed by atoms with Crippen LogP contribution in [0.5, 0.6) is 11.5 Å². The SMILES string of the molecule is COc1ccc(S[C@H](C)C(=O)NCCSC(C)(C)C)cc1OC. The zero-order valence-corrected chi connectivity index (χ0v) is 16.4. The third kappa shape index (κ3) is 7.40. The number of methoxy groups -OCH3 is 2. The van der Waals surface area contributed by atoms with E-state index >= 15 is 0 Å². The lowest BCUT2D eigenvalue weighted by Crippen LogP contribution is -2.33. The van der Waals surface area contributed by atoms with Crippen LogP contribution in [0.2, 0.25) is 0 Å². The molecule has 0 aromatic heterocycles. The van der Waals surface area contributed by atoms with Crippen molar-refractivity contribution in [3.63, 3.8) is 0 Å². The van der Waals surface area contributed by atoms with Gasteiger partial charge >= 0.3 is 0 Å². The molecule has 1 atom stereocenters. The molecule has 0 unspecified atom stereocenters. The minimum atomic E-state index is -0.160. The number of ether oxygens (including phenoxy) is 2. The van der Waals surface area contributed by atoms with Crippen LogP contribution < -0.4 is 14.8 Å². The van der Waals surface area contributed by atoms with E-state index in [9.17, 15) is 4.79 Å². The smallest absolute Gasteiger partial charge is 0.233 e. The molecule has 0 saturated carbocycles. The number of carbonyl (C=O) groups excluding carboxylic acids is 1. The van der Waals surface area contributed by atoms with Gasteiger partial charge in [-0.2, -0.15) is 11.8 Å². The number of hydrogen-bond donors (Lipinski definition) is 1. The Morgan fingerprint density at radius 2 is 1.87 bits per heavy atom. The van der Waals surface area contributed by atoms with Crippen molar-refractivity contribution in [2.45, 2.75) is 42.6 Å². The third-order valence-electron chi connectivity index (χ3n) is 2.97. The fourth-order valence-electron chi connectivity index (χ4n) is 1.82. The predicted molar refractivity (Wildman–Crippen MR) is 100 cm³/mol. The average molecular weight is 358 g/mol. The first-order valence-corrected chi connectivity index (χ1v) is 9.43. The maximum Gasteiger partial charge on any atom is 0.233 e. The van der Waals surface area contributed by atoms with E-state index in [2.05, 4.69) is 26.1 Å². The molecule has 1 rings (SSSR count). The van der Waals surface area contributed by atoms with E-state index in [1.54, 1.807) is 14.2 Å². The maximum atomic E-state index is 12.2. The van der Waals surface area contributed by atoms with Crippen molar-refractivity contribution in [3.05, 3.63) is 18.2 Å². The number of amides is 1. The van der Waals surface area contributed by atoms with Crippen LogP contribution in [0.25, 0.3) is 0 Å². The molecule has 0 spiro atoms. The number of thioether (sulfide) groups is 2. The Morgan fingerprint density at radius 1 is 1.22 bits per heavy atom. The highest BCUT2D eigenvalue weighted by atomic mass is 32.2. The molecule has 1 aromatic rings. The summed E-state index contributed by atoms with van der Waals surface area (Å²) >= 11 is 3.36. The van der Waals surface area contributed by atoms with Crippen molar-refractivity contribution in [2.75, 3.05) is 26.5 Å². The van der Waals surface area contributed by atoms with Gasteiger partial charge in [0.15, 0.2) is 11.5 Å². The van der Waals surface area contributed by atoms with Gasteiger partial charge in [-0.1, -0.05) is 20.8 Å². The summed E-state index contributed by atoms with van der Waals surface area (Å²) in [7, 11) is 3.21. The van der Waals surface area contributed by atoms with Gasteiger partial charge < -0.3 is 14.8 Å². The summed E-state index contributed by atoms with van der Waals surface area (Å²) in [5, 5.41) is 2.83. The first kappa shape index (κ1) is 20.0. The Labute approximate surface area is 148 Å². The fraction of sp³-hybridized carbons (Fsp3) is 0.588. The Kier molecular flexibility index (Phi) is 8.12. The highest BCUT2D eigenvalue weighted by molar-refractivity contribution is 8.00. The highest BCUT2D eigenvalue weighted by Gasteiger charge is 2.16. The zero-order chi connectivity index (χ0) is 17.5. The van der Waals surface area contributed by atoms with E-state index in [0.717, 1.165) is 10.6 Å². The first-order valence-electron chi connectivity index (χ1n) is 7.57. The molecule has 0 saturated heterocycles. The van der Waals surface area contributed by atoms with E-state index in [1.165, 1.54) is 11.8 Å². The van der Waals surface area contributed by atoms with E-state index < -0.39 is 0 Å². The second-order valence-electron chi connectivity index (χ2n) is 6.03. The third-order valence-corrected chi connectivity index (χ3v) is 5.34. The van der Waals surface area contributed by atoms with Gasteiger partial charge in [0.25, 0.3) is 0 Å². The molecule has 1 amide bonds. The molecule has 0 fully saturated rings. The van der Waals surface area contributed by atoms with Crippen LogP contribution in [0.1, 0.15) is 27.7 Å². The Bertz CT molecular complexity index is 515. The topological polar surface area (TPSA) is 47.6 Å². The minimum absolute atomic E-state index is 0.0549. The quantitative estimate of drug-likeness (QED) is 0.566. The normalized spacial score (nSPS) is 12.6. The Hall–Kier alpha value is -1.01. The van der Waals surface area contributed by atoms with Crippen molar-refractivity contribution in [1.82, 2.24) is 5.32 Å². The summed E-state index contributed by atoms with van der Waals surface area (Å²) in [6.07, 6.45) is 0. The molecular formula is C17H27NO3S2. The highest BCUT2D eigenvalue weighted by Crippen LogP contribution is 2.33. The molecule has 1 N–H and O–H groups in total. The monoisotopic (exact) mass is 357 g/mol. The minimum Gasteiger partial charge on any atom is -0.493 e. The van der Waals surface area contributed by atoms with E-state index in [-0.39, 0.29) is 15.9 Å². The largest absolute Gasteiger partial charge is 0.493 e. The lowest BCUT2D eigenvalue weighted by molar-refractivity contribution is -0.120. The van der Waals surface area contributed by atoms with Gasteiger partial charge in [-0.15, -0.1) is 11.8 Å². The molecular weight excluding hydrogens is 330 g/mol. The van der Waals surface area contributed by atoms with Crippen molar-refractivity contribution >= 4 is 29.4 Å². The number of nitrogens with one attached hydrogen (secondary N) is 1. The van der Waals surface area contributed by atoms with Gasteiger partial charge in [0, 0.05) is 21.9 Å². The Balaban J connectivity index is 2.49. The summed E-state index contributed by atoms with van der Waals surface area (Å²) in [5.41, 5.74) is 0. The molecule has 0 radical (unpaired) electrons. The van der Waals surface area contributed by atoms with E-state index in [1.807, 2.05) is 36.9 Å². The zero-order valence-electron chi connectivity index (χ0n) is 14.8. The Morgan fingerprint density at radius 3 is 2.43 bits per heavy atom. The van der Waals surface area contributed by atoms with Gasteiger partial charge in [-0.3, -0.25) is 4.79 Å². The number of rotatable bonds is 8. The predicted octanol–water partition coefficient (Wildman–Crippen LogP) is 3.83. The lowest BCUT2D eigenvalue weighted by atomic mass is 10.3. The molecule has 0 bridgehead atoms. The van der Waals surface area contributed by atoms with Crippen LogP contribution in [-0.4, -0.2) is 42.4 Å².